The summed E-state index contributed by atoms with van der Waals surface area (Å²) in [5.41, 5.74) is 2.21. The van der Waals surface area contributed by atoms with Crippen molar-refractivity contribution >= 4 is 27.9 Å². The van der Waals surface area contributed by atoms with E-state index in [1.807, 2.05) is 0 Å². The molecular formula is C19H19N3O3S. The zero-order chi connectivity index (χ0) is 18.8. The first-order chi connectivity index (χ1) is 12.4. The number of hydrogen-bond donors (Lipinski definition) is 1. The molecule has 26 heavy (non-hydrogen) atoms. The molecule has 6 nitrogen and oxygen atoms in total. The third-order valence-electron chi connectivity index (χ3n) is 4.95. The number of nitrogens with zero attached hydrogens (tertiary/aromatic N) is 2. The summed E-state index contributed by atoms with van der Waals surface area (Å²) in [5, 5.41) is 24.0. The summed E-state index contributed by atoms with van der Waals surface area (Å²) >= 11 is 1.45. The number of hydrogen-bond acceptors (Lipinski definition) is 5. The first kappa shape index (κ1) is 18.1. The Bertz CT molecular complexity index is 927. The minimum atomic E-state index is -0.498. The summed E-state index contributed by atoms with van der Waals surface area (Å²) in [5.74, 6) is 0.186. The Kier molecular flexibility index (Phi) is 5.05. The molecule has 134 valence electrons. The monoisotopic (exact) mass is 369 g/mol. The number of nitro groups is 1. The predicted octanol–water partition coefficient (Wildman–Crippen LogP) is 4.60. The number of benzene rings is 1. The van der Waals surface area contributed by atoms with Crippen LogP contribution in [0, 0.1) is 34.3 Å². The number of fused-ring (bicyclic) bond motifs is 1. The number of carbonyl (C=O) groups excluding carboxylic acids is 1. The second-order valence-corrected chi connectivity index (χ2v) is 7.65. The first-order valence-electron chi connectivity index (χ1n) is 8.55. The maximum Gasteiger partial charge on any atom is 0.273 e. The highest BCUT2D eigenvalue weighted by molar-refractivity contribution is 7.16. The lowest BCUT2D eigenvalue weighted by molar-refractivity contribution is -0.385. The van der Waals surface area contributed by atoms with Crippen LogP contribution in [0.25, 0.3) is 0 Å². The number of rotatable bonds is 4. The number of amides is 1. The summed E-state index contributed by atoms with van der Waals surface area (Å²) in [6.07, 6.45) is 3.97. The van der Waals surface area contributed by atoms with Crippen LogP contribution in [0.15, 0.2) is 18.2 Å². The molecule has 1 unspecified atom stereocenters. The molecule has 1 amide bonds. The van der Waals surface area contributed by atoms with Gasteiger partial charge >= 0.3 is 0 Å². The molecule has 0 spiro atoms. The standard InChI is InChI=1S/C19H19N3O3S/c1-3-12-5-7-14-15(10-20)19(26-17(14)8-12)21-18(23)13-6-4-11(2)16(9-13)22(24)25/h4,6,9,12H,3,5,7-8H2,1-2H3,(H,21,23). The summed E-state index contributed by atoms with van der Waals surface area (Å²) in [6.45, 7) is 3.80. The van der Waals surface area contributed by atoms with Gasteiger partial charge in [0, 0.05) is 22.1 Å². The van der Waals surface area contributed by atoms with Gasteiger partial charge in [0.05, 0.1) is 10.5 Å². The molecule has 0 saturated carbocycles. The SMILES string of the molecule is CCC1CCc2c(sc(NC(=O)c3ccc(C)c([N+](=O)[O-])c3)c2C#N)C1. The van der Waals surface area contributed by atoms with Gasteiger partial charge in [0.15, 0.2) is 0 Å². The van der Waals surface area contributed by atoms with Crippen LogP contribution in [0.1, 0.15) is 51.7 Å². The Morgan fingerprint density at radius 3 is 2.92 bits per heavy atom. The Morgan fingerprint density at radius 2 is 2.27 bits per heavy atom. The van der Waals surface area contributed by atoms with Gasteiger partial charge in [-0.15, -0.1) is 11.3 Å². The molecule has 1 aromatic heterocycles. The fourth-order valence-electron chi connectivity index (χ4n) is 3.33. The molecule has 1 heterocycles. The van der Waals surface area contributed by atoms with Crippen molar-refractivity contribution in [3.63, 3.8) is 0 Å². The van der Waals surface area contributed by atoms with Crippen molar-refractivity contribution in [2.75, 3.05) is 5.32 Å². The van der Waals surface area contributed by atoms with Crippen LogP contribution in [-0.2, 0) is 12.8 Å². The van der Waals surface area contributed by atoms with Crippen molar-refractivity contribution in [1.29, 1.82) is 5.26 Å². The molecule has 2 aromatic rings. The Hall–Kier alpha value is -2.72. The van der Waals surface area contributed by atoms with E-state index >= 15 is 0 Å². The van der Waals surface area contributed by atoms with Gasteiger partial charge in [0.1, 0.15) is 11.1 Å². The van der Waals surface area contributed by atoms with E-state index in [1.54, 1.807) is 19.1 Å². The van der Waals surface area contributed by atoms with Crippen molar-refractivity contribution in [2.24, 2.45) is 5.92 Å². The summed E-state index contributed by atoms with van der Waals surface area (Å²) in [4.78, 5) is 24.3. The maximum atomic E-state index is 12.6. The Labute approximate surface area is 155 Å². The van der Waals surface area contributed by atoms with Gasteiger partial charge in [-0.3, -0.25) is 14.9 Å². The molecule has 3 rings (SSSR count). The van der Waals surface area contributed by atoms with Crippen LogP contribution in [0.3, 0.4) is 0 Å². The van der Waals surface area contributed by atoms with Gasteiger partial charge < -0.3 is 5.32 Å². The average molecular weight is 369 g/mol. The van der Waals surface area contributed by atoms with Crippen LogP contribution in [0.2, 0.25) is 0 Å². The molecule has 0 aliphatic heterocycles. The quantitative estimate of drug-likeness (QED) is 0.629. The van der Waals surface area contributed by atoms with E-state index < -0.39 is 10.8 Å². The number of nitriles is 1. The third kappa shape index (κ3) is 3.33. The van der Waals surface area contributed by atoms with Crippen LogP contribution in [0.4, 0.5) is 10.7 Å². The van der Waals surface area contributed by atoms with E-state index in [-0.39, 0.29) is 11.3 Å². The molecule has 1 aliphatic carbocycles. The fourth-order valence-corrected chi connectivity index (χ4v) is 4.64. The van der Waals surface area contributed by atoms with E-state index in [4.69, 9.17) is 0 Å². The second kappa shape index (κ2) is 7.26. The van der Waals surface area contributed by atoms with E-state index in [2.05, 4.69) is 18.3 Å². The zero-order valence-corrected chi connectivity index (χ0v) is 15.5. The van der Waals surface area contributed by atoms with Gasteiger partial charge in [-0.1, -0.05) is 19.4 Å². The predicted molar refractivity (Wildman–Crippen MR) is 101 cm³/mol. The second-order valence-electron chi connectivity index (χ2n) is 6.55. The molecule has 0 bridgehead atoms. The van der Waals surface area contributed by atoms with Crippen LogP contribution in [0.5, 0.6) is 0 Å². The molecule has 1 atom stereocenters. The van der Waals surface area contributed by atoms with Crippen molar-refractivity contribution in [2.45, 2.75) is 39.5 Å². The molecule has 0 fully saturated rings. The van der Waals surface area contributed by atoms with Crippen molar-refractivity contribution in [3.8, 4) is 6.07 Å². The average Bonchev–Trinajstić information content (AvgIpc) is 2.97. The van der Waals surface area contributed by atoms with Crippen molar-refractivity contribution < 1.29 is 9.72 Å². The highest BCUT2D eigenvalue weighted by atomic mass is 32.1. The Balaban J connectivity index is 1.89. The van der Waals surface area contributed by atoms with E-state index in [9.17, 15) is 20.2 Å². The highest BCUT2D eigenvalue weighted by Gasteiger charge is 2.26. The summed E-state index contributed by atoms with van der Waals surface area (Å²) < 4.78 is 0. The van der Waals surface area contributed by atoms with Gasteiger partial charge in [-0.25, -0.2) is 0 Å². The number of nitrogens with one attached hydrogen (secondary N) is 1. The van der Waals surface area contributed by atoms with Crippen molar-refractivity contribution in [3.05, 3.63) is 55.4 Å². The third-order valence-corrected chi connectivity index (χ3v) is 6.12. The smallest absolute Gasteiger partial charge is 0.273 e. The van der Waals surface area contributed by atoms with E-state index in [0.717, 1.165) is 31.2 Å². The van der Waals surface area contributed by atoms with Crippen molar-refractivity contribution in [1.82, 2.24) is 0 Å². The molecule has 1 aromatic carbocycles. The number of thiophene rings is 1. The lowest BCUT2D eigenvalue weighted by Gasteiger charge is -2.20. The normalized spacial score (nSPS) is 15.8. The van der Waals surface area contributed by atoms with E-state index in [1.165, 1.54) is 22.3 Å². The van der Waals surface area contributed by atoms with Gasteiger partial charge in [-0.05, 0) is 43.7 Å². The molecule has 1 N–H and O–H groups in total. The van der Waals surface area contributed by atoms with Gasteiger partial charge in [0.25, 0.3) is 11.6 Å². The number of anilines is 1. The molecule has 0 saturated heterocycles. The highest BCUT2D eigenvalue weighted by Crippen LogP contribution is 2.40. The minimum Gasteiger partial charge on any atom is -0.312 e. The van der Waals surface area contributed by atoms with Gasteiger partial charge in [0.2, 0.25) is 0 Å². The lowest BCUT2D eigenvalue weighted by atomic mass is 9.86. The zero-order valence-electron chi connectivity index (χ0n) is 14.7. The largest absolute Gasteiger partial charge is 0.312 e. The molecular weight excluding hydrogens is 350 g/mol. The molecule has 0 radical (unpaired) electrons. The number of nitro benzene ring substituents is 1. The van der Waals surface area contributed by atoms with Crippen LogP contribution < -0.4 is 5.32 Å². The minimum absolute atomic E-state index is 0.0885. The fraction of sp³-hybridized carbons (Fsp3) is 0.368. The maximum absolute atomic E-state index is 12.6. The van der Waals surface area contributed by atoms with Gasteiger partial charge in [-0.2, -0.15) is 5.26 Å². The summed E-state index contributed by atoms with van der Waals surface area (Å²) in [6, 6.07) is 6.61. The molecule has 1 aliphatic rings. The molecule has 7 heteroatoms. The number of carbonyl (C=O) groups is 1. The van der Waals surface area contributed by atoms with Crippen LogP contribution in [-0.4, -0.2) is 10.8 Å². The lowest BCUT2D eigenvalue weighted by Crippen LogP contribution is -2.13. The first-order valence-corrected chi connectivity index (χ1v) is 9.37. The topological polar surface area (TPSA) is 96.0 Å². The Morgan fingerprint density at radius 1 is 1.50 bits per heavy atom. The van der Waals surface area contributed by atoms with E-state index in [0.29, 0.717) is 22.0 Å². The summed E-state index contributed by atoms with van der Waals surface area (Å²) in [7, 11) is 0. The van der Waals surface area contributed by atoms with Crippen LogP contribution >= 0.6 is 11.3 Å². The number of aryl methyl sites for hydroxylation is 1.